The molecule has 0 radical (unpaired) electrons. The number of rotatable bonds is 1. The first-order chi connectivity index (χ1) is 6.00. The smallest absolute Gasteiger partial charge is 0.140 e. The van der Waals surface area contributed by atoms with E-state index in [2.05, 4.69) is 11.7 Å². The molecule has 0 aromatic carbocycles. The third-order valence-electron chi connectivity index (χ3n) is 1.72. The second kappa shape index (κ2) is 3.81. The van der Waals surface area contributed by atoms with E-state index in [-0.39, 0.29) is 0 Å². The van der Waals surface area contributed by atoms with Gasteiger partial charge >= 0.3 is 0 Å². The van der Waals surface area contributed by atoms with E-state index in [0.29, 0.717) is 16.4 Å². The Hall–Kier alpha value is -0.340. The highest BCUT2D eigenvalue weighted by Gasteiger charge is 2.20. The van der Waals surface area contributed by atoms with Gasteiger partial charge in [-0.2, -0.15) is 0 Å². The Morgan fingerprint density at radius 3 is 2.46 bits per heavy atom. The van der Waals surface area contributed by atoms with Gasteiger partial charge < -0.3 is 16.0 Å². The molecule has 1 aliphatic heterocycles. The van der Waals surface area contributed by atoms with Gasteiger partial charge in [-0.3, -0.25) is 4.99 Å². The Bertz CT molecular complexity index is 364. The predicted molar refractivity (Wildman–Crippen MR) is 66.9 cm³/mol. The summed E-state index contributed by atoms with van der Waals surface area (Å²) in [5.74, 6) is 0. The summed E-state index contributed by atoms with van der Waals surface area (Å²) in [6.45, 7) is 5.16. The topological polar surface area (TPSA) is 84.6 Å². The summed E-state index contributed by atoms with van der Waals surface area (Å²) in [7, 11) is -1.06. The van der Waals surface area contributed by atoms with E-state index in [1.165, 1.54) is 0 Å². The van der Waals surface area contributed by atoms with Crippen LogP contribution in [0.1, 0.15) is 6.92 Å². The van der Waals surface area contributed by atoms with Crippen LogP contribution < -0.4 is 11.5 Å². The SMILES string of the molecule is C=NC1=C(N)C(N)=C(C)C(I)=S1O. The number of nitrogens with two attached hydrogens (primary N) is 2. The van der Waals surface area contributed by atoms with Crippen LogP contribution in [0.25, 0.3) is 0 Å². The molecule has 1 aliphatic rings. The fraction of sp³-hybridized carbons (Fsp3) is 0.143. The molecule has 1 rings (SSSR count). The highest BCUT2D eigenvalue weighted by Crippen LogP contribution is 2.36. The molecule has 4 nitrogen and oxygen atoms in total. The zero-order valence-electron chi connectivity index (χ0n) is 7.04. The predicted octanol–water partition coefficient (Wildman–Crippen LogP) is 1.37. The molecule has 0 saturated carbocycles. The molecule has 0 aliphatic carbocycles. The molecule has 1 unspecified atom stereocenters. The van der Waals surface area contributed by atoms with Crippen molar-refractivity contribution in [1.29, 1.82) is 0 Å². The minimum atomic E-state index is -1.06. The summed E-state index contributed by atoms with van der Waals surface area (Å²) in [6.07, 6.45) is 0. The van der Waals surface area contributed by atoms with E-state index in [9.17, 15) is 4.55 Å². The summed E-state index contributed by atoms with van der Waals surface area (Å²) in [6, 6.07) is 0. The normalized spacial score (nSPS) is 23.9. The van der Waals surface area contributed by atoms with Crippen LogP contribution in [0.4, 0.5) is 0 Å². The average Bonchev–Trinajstić information content (AvgIpc) is 2.13. The monoisotopic (exact) mass is 311 g/mol. The molecular formula is C7H10IN3OS. The van der Waals surface area contributed by atoms with E-state index < -0.39 is 10.8 Å². The molecule has 1 heterocycles. The van der Waals surface area contributed by atoms with Gasteiger partial charge in [0.05, 0.1) is 14.3 Å². The second-order valence-electron chi connectivity index (χ2n) is 2.47. The van der Waals surface area contributed by atoms with Gasteiger partial charge in [-0.05, 0) is 41.8 Å². The van der Waals surface area contributed by atoms with Crippen LogP contribution in [0, 0.1) is 0 Å². The molecule has 13 heavy (non-hydrogen) atoms. The van der Waals surface area contributed by atoms with Crippen molar-refractivity contribution in [2.45, 2.75) is 6.92 Å². The summed E-state index contributed by atoms with van der Waals surface area (Å²) < 4.78 is 10.5. The van der Waals surface area contributed by atoms with E-state index >= 15 is 0 Å². The minimum Gasteiger partial charge on any atom is -0.397 e. The van der Waals surface area contributed by atoms with Gasteiger partial charge in [0.25, 0.3) is 0 Å². The fourth-order valence-electron chi connectivity index (χ4n) is 0.903. The third kappa shape index (κ3) is 1.65. The van der Waals surface area contributed by atoms with Gasteiger partial charge in [0, 0.05) is 10.8 Å². The van der Waals surface area contributed by atoms with Crippen LogP contribution in [-0.4, -0.2) is 14.1 Å². The molecule has 1 atom stereocenters. The van der Waals surface area contributed by atoms with Gasteiger partial charge in [-0.1, -0.05) is 0 Å². The summed E-state index contributed by atoms with van der Waals surface area (Å²) >= 11 is 2.04. The molecule has 6 heteroatoms. The van der Waals surface area contributed by atoms with Gasteiger partial charge in [0.15, 0.2) is 0 Å². The number of hydrogen-bond donors (Lipinski definition) is 3. The van der Waals surface area contributed by atoms with Crippen molar-refractivity contribution >= 4 is 42.9 Å². The van der Waals surface area contributed by atoms with Crippen LogP contribution in [0.5, 0.6) is 0 Å². The van der Waals surface area contributed by atoms with Crippen molar-refractivity contribution in [3.05, 3.63) is 22.0 Å². The number of halogens is 1. The second-order valence-corrected chi connectivity index (χ2v) is 5.65. The largest absolute Gasteiger partial charge is 0.397 e. The Morgan fingerprint density at radius 1 is 1.46 bits per heavy atom. The molecule has 0 aromatic rings. The minimum absolute atomic E-state index is 0.332. The maximum Gasteiger partial charge on any atom is 0.140 e. The molecule has 0 spiro atoms. The zero-order chi connectivity index (χ0) is 10.2. The first-order valence-electron chi connectivity index (χ1n) is 3.40. The quantitative estimate of drug-likeness (QED) is 0.296. The van der Waals surface area contributed by atoms with Gasteiger partial charge in [-0.25, -0.2) is 0 Å². The fourth-order valence-corrected chi connectivity index (χ4v) is 2.83. The van der Waals surface area contributed by atoms with Crippen LogP contribution in [0.15, 0.2) is 27.0 Å². The van der Waals surface area contributed by atoms with E-state index in [1.54, 1.807) is 0 Å². The molecule has 0 amide bonds. The van der Waals surface area contributed by atoms with Crippen molar-refractivity contribution in [1.82, 2.24) is 0 Å². The lowest BCUT2D eigenvalue weighted by Gasteiger charge is -2.18. The summed E-state index contributed by atoms with van der Waals surface area (Å²) in [5, 5.41) is 0.368. The number of aliphatic imine (C=N–C) groups is 1. The van der Waals surface area contributed by atoms with Gasteiger partial charge in [0.2, 0.25) is 0 Å². The third-order valence-corrected chi connectivity index (χ3v) is 5.14. The van der Waals surface area contributed by atoms with Gasteiger partial charge in [0.1, 0.15) is 5.03 Å². The lowest BCUT2D eigenvalue weighted by Crippen LogP contribution is -2.18. The Balaban J connectivity index is 3.49. The molecule has 0 saturated heterocycles. The van der Waals surface area contributed by atoms with Crippen molar-refractivity contribution in [2.75, 3.05) is 0 Å². The van der Waals surface area contributed by atoms with E-state index in [1.807, 2.05) is 29.5 Å². The van der Waals surface area contributed by atoms with Crippen LogP contribution in [0.3, 0.4) is 0 Å². The Morgan fingerprint density at radius 2 is 2.00 bits per heavy atom. The molecule has 0 aromatic heterocycles. The first kappa shape index (κ1) is 10.7. The van der Waals surface area contributed by atoms with Gasteiger partial charge in [-0.15, -0.1) is 0 Å². The zero-order valence-corrected chi connectivity index (χ0v) is 10.0. The summed E-state index contributed by atoms with van der Waals surface area (Å²) in [4.78, 5) is 3.67. The molecule has 0 fully saturated rings. The number of nitrogens with zero attached hydrogens (tertiary/aromatic N) is 1. The van der Waals surface area contributed by atoms with Crippen LogP contribution in [-0.2, 0) is 0 Å². The standard InChI is InChI=1S/C7H10IN3OS/c1-3-4(9)5(10)7(11-2)13(12)6(3)8/h12H,2,9-10H2,1H3. The van der Waals surface area contributed by atoms with E-state index in [0.717, 1.165) is 8.44 Å². The molecule has 5 N–H and O–H groups in total. The summed E-state index contributed by atoms with van der Waals surface area (Å²) in [5.41, 5.74) is 13.0. The molecule has 72 valence electrons. The van der Waals surface area contributed by atoms with Crippen LogP contribution in [0.2, 0.25) is 0 Å². The Kier molecular flexibility index (Phi) is 3.14. The first-order valence-corrected chi connectivity index (χ1v) is 5.66. The Labute approximate surface area is 92.7 Å². The van der Waals surface area contributed by atoms with E-state index in [4.69, 9.17) is 11.5 Å². The maximum absolute atomic E-state index is 9.72. The average molecular weight is 311 g/mol. The lowest BCUT2D eigenvalue weighted by atomic mass is 10.2. The van der Waals surface area contributed by atoms with Crippen molar-refractivity contribution in [2.24, 2.45) is 16.5 Å². The van der Waals surface area contributed by atoms with Crippen LogP contribution >= 0.6 is 33.4 Å². The number of allylic oxidation sites excluding steroid dienone is 1. The van der Waals surface area contributed by atoms with Crippen molar-refractivity contribution in [3.8, 4) is 0 Å². The highest BCUT2D eigenvalue weighted by molar-refractivity contribution is 14.1. The number of hydrogen-bond acceptors (Lipinski definition) is 4. The van der Waals surface area contributed by atoms with Crippen molar-refractivity contribution < 1.29 is 4.55 Å². The maximum atomic E-state index is 9.72. The molecule has 0 bridgehead atoms. The highest BCUT2D eigenvalue weighted by atomic mass is 127. The lowest BCUT2D eigenvalue weighted by molar-refractivity contribution is 0.664. The van der Waals surface area contributed by atoms with Crippen molar-refractivity contribution in [3.63, 3.8) is 0 Å². The molecular weight excluding hydrogens is 301 g/mol.